The summed E-state index contributed by atoms with van der Waals surface area (Å²) in [6.07, 6.45) is -2.15. The maximum atomic E-state index is 12.5. The lowest BCUT2D eigenvalue weighted by Crippen LogP contribution is -2.51. The molecule has 0 spiro atoms. The van der Waals surface area contributed by atoms with Crippen LogP contribution < -0.4 is 10.6 Å². The molecule has 1 fully saturated rings. The molecule has 0 bridgehead atoms. The Labute approximate surface area is 165 Å². The van der Waals surface area contributed by atoms with Crippen molar-refractivity contribution < 1.29 is 35.1 Å². The molecule has 0 saturated carbocycles. The summed E-state index contributed by atoms with van der Waals surface area (Å²) in [5.74, 6) is -1.54. The van der Waals surface area contributed by atoms with E-state index in [1.807, 2.05) is 0 Å². The van der Waals surface area contributed by atoms with Gasteiger partial charge in [0.25, 0.3) is 0 Å². The van der Waals surface area contributed by atoms with Gasteiger partial charge in [-0.2, -0.15) is 4.99 Å². The van der Waals surface area contributed by atoms with Crippen LogP contribution in [0, 0.1) is 11.3 Å². The van der Waals surface area contributed by atoms with Crippen LogP contribution in [-0.2, 0) is 9.53 Å². The van der Waals surface area contributed by atoms with Crippen LogP contribution in [0.25, 0.3) is 0 Å². The average Bonchev–Trinajstić information content (AvgIpc) is 3.29. The molecular formula is C17H23N5O7. The Kier molecular flexibility index (Phi) is 5.25. The summed E-state index contributed by atoms with van der Waals surface area (Å²) in [7, 11) is 0. The maximum absolute atomic E-state index is 12.5. The van der Waals surface area contributed by atoms with Gasteiger partial charge in [-0.3, -0.25) is 15.5 Å². The number of rotatable bonds is 5. The normalized spacial score (nSPS) is 41.5. The van der Waals surface area contributed by atoms with Crippen molar-refractivity contribution in [2.45, 2.75) is 42.8 Å². The van der Waals surface area contributed by atoms with E-state index >= 15 is 0 Å². The molecule has 3 heterocycles. The Morgan fingerprint density at radius 1 is 1.21 bits per heavy atom. The summed E-state index contributed by atoms with van der Waals surface area (Å²) in [6.45, 7) is -0.352. The van der Waals surface area contributed by atoms with Crippen molar-refractivity contribution in [1.82, 2.24) is 15.5 Å². The summed E-state index contributed by atoms with van der Waals surface area (Å²) in [6, 6.07) is -0.515. The summed E-state index contributed by atoms with van der Waals surface area (Å²) in [4.78, 5) is 18.0. The van der Waals surface area contributed by atoms with Gasteiger partial charge in [-0.15, -0.1) is 0 Å². The van der Waals surface area contributed by atoms with Crippen molar-refractivity contribution in [1.29, 1.82) is 5.41 Å². The molecule has 8 N–H and O–H groups in total. The maximum Gasteiger partial charge on any atom is 0.241 e. The van der Waals surface area contributed by atoms with Gasteiger partial charge in [0.1, 0.15) is 36.2 Å². The van der Waals surface area contributed by atoms with Crippen molar-refractivity contribution in [2.24, 2.45) is 10.9 Å². The quantitative estimate of drug-likeness (QED) is 0.209. The molecule has 8 atom stereocenters. The molecule has 1 saturated heterocycles. The fraction of sp³-hybridized carbons (Fsp3) is 0.588. The molecule has 0 aromatic rings. The largest absolute Gasteiger partial charge is 0.394 e. The standard InChI is InChI=1S/C17H23N5O7/c18-17-20-14-10(15(28)21-17)6(3-19-7-1-2-8(24)11(7)25)4-22(14)16-13(27)12(26)9(5-23)29-16/h1-2,4,7-13,16,19,23-27H,3,5H2,(H2,18,21,28)/t7-,8+,9-,10+,11+,12-,13-,16-/m1/s1. The van der Waals surface area contributed by atoms with Crippen molar-refractivity contribution in [2.75, 3.05) is 13.2 Å². The first-order valence-corrected chi connectivity index (χ1v) is 9.19. The minimum Gasteiger partial charge on any atom is -0.394 e. The summed E-state index contributed by atoms with van der Waals surface area (Å²) < 4.78 is 5.54. The number of amides is 1. The highest BCUT2D eigenvalue weighted by molar-refractivity contribution is 6.19. The number of ether oxygens (including phenoxy) is 1. The van der Waals surface area contributed by atoms with Crippen LogP contribution in [0.15, 0.2) is 28.9 Å². The first-order chi connectivity index (χ1) is 13.8. The van der Waals surface area contributed by atoms with Crippen LogP contribution in [-0.4, -0.2) is 104 Å². The molecule has 4 aliphatic rings. The van der Waals surface area contributed by atoms with Crippen LogP contribution in [0.1, 0.15) is 0 Å². The van der Waals surface area contributed by atoms with Crippen LogP contribution >= 0.6 is 0 Å². The summed E-state index contributed by atoms with van der Waals surface area (Å²) >= 11 is 0. The fourth-order valence-electron chi connectivity index (χ4n) is 3.93. The van der Waals surface area contributed by atoms with E-state index < -0.39 is 61.2 Å². The Morgan fingerprint density at radius 2 is 1.97 bits per heavy atom. The SMILES string of the molecule is N=C1N=C2[C@@H](C(=O)N1)C(CN[C@@H]1C=C[C@H](O)[C@H]1O)=CN2[C@@H]1O[C@H](CO)[C@@H](O)[C@H]1O. The predicted octanol–water partition coefficient (Wildman–Crippen LogP) is -4.05. The third kappa shape index (κ3) is 3.38. The molecule has 0 aromatic heterocycles. The van der Waals surface area contributed by atoms with E-state index in [1.165, 1.54) is 17.2 Å². The van der Waals surface area contributed by atoms with Gasteiger partial charge >= 0.3 is 0 Å². The van der Waals surface area contributed by atoms with Gasteiger partial charge in [0, 0.05) is 12.7 Å². The smallest absolute Gasteiger partial charge is 0.241 e. The van der Waals surface area contributed by atoms with Crippen LogP contribution in [0.3, 0.4) is 0 Å². The van der Waals surface area contributed by atoms with Crippen LogP contribution in [0.5, 0.6) is 0 Å². The summed E-state index contributed by atoms with van der Waals surface area (Å²) in [5.41, 5.74) is 0.536. The van der Waals surface area contributed by atoms with Crippen molar-refractivity contribution in [3.8, 4) is 0 Å². The summed E-state index contributed by atoms with van der Waals surface area (Å²) in [5, 5.41) is 62.4. The number of amidine groups is 1. The number of nitrogens with one attached hydrogen (secondary N) is 3. The molecule has 1 amide bonds. The molecule has 0 unspecified atom stereocenters. The molecule has 4 rings (SSSR count). The number of nitrogens with zero attached hydrogens (tertiary/aromatic N) is 2. The van der Waals surface area contributed by atoms with Gasteiger partial charge in [0.05, 0.1) is 18.8 Å². The Hall–Kier alpha value is -2.19. The number of aliphatic imine (C=N–C) groups is 1. The van der Waals surface area contributed by atoms with Gasteiger partial charge < -0.3 is 40.5 Å². The minimum atomic E-state index is -1.37. The topological polar surface area (TPSA) is 191 Å². The lowest BCUT2D eigenvalue weighted by atomic mass is 9.98. The molecule has 29 heavy (non-hydrogen) atoms. The Balaban J connectivity index is 1.58. The molecule has 1 aliphatic carbocycles. The molecule has 12 nitrogen and oxygen atoms in total. The zero-order valence-corrected chi connectivity index (χ0v) is 15.2. The number of carbonyl (C=O) groups excluding carboxylic acids is 1. The van der Waals surface area contributed by atoms with E-state index in [9.17, 15) is 30.3 Å². The van der Waals surface area contributed by atoms with Gasteiger partial charge in [0.15, 0.2) is 6.23 Å². The Bertz CT molecular complexity index is 799. The van der Waals surface area contributed by atoms with E-state index in [0.29, 0.717) is 5.57 Å². The highest BCUT2D eigenvalue weighted by Crippen LogP contribution is 2.33. The number of guanidine groups is 1. The van der Waals surface area contributed by atoms with Gasteiger partial charge in [0.2, 0.25) is 11.9 Å². The third-order valence-electron chi connectivity index (χ3n) is 5.50. The van der Waals surface area contributed by atoms with Crippen molar-refractivity contribution in [3.63, 3.8) is 0 Å². The average molecular weight is 409 g/mol. The van der Waals surface area contributed by atoms with Crippen molar-refractivity contribution >= 4 is 17.7 Å². The van der Waals surface area contributed by atoms with E-state index in [2.05, 4.69) is 15.6 Å². The van der Waals surface area contributed by atoms with Gasteiger partial charge in [-0.25, -0.2) is 0 Å². The van der Waals surface area contributed by atoms with E-state index in [1.54, 1.807) is 6.08 Å². The fourth-order valence-corrected chi connectivity index (χ4v) is 3.93. The lowest BCUT2D eigenvalue weighted by molar-refractivity contribution is -0.121. The molecule has 12 heteroatoms. The highest BCUT2D eigenvalue weighted by Gasteiger charge is 2.50. The number of hydrogen-bond acceptors (Lipinski definition) is 10. The van der Waals surface area contributed by atoms with E-state index in [0.717, 1.165) is 0 Å². The first-order valence-electron chi connectivity index (χ1n) is 9.19. The van der Waals surface area contributed by atoms with Crippen LogP contribution in [0.4, 0.5) is 0 Å². The third-order valence-corrected chi connectivity index (χ3v) is 5.50. The van der Waals surface area contributed by atoms with Gasteiger partial charge in [-0.05, 0) is 5.57 Å². The van der Waals surface area contributed by atoms with Crippen molar-refractivity contribution in [3.05, 3.63) is 23.9 Å². The number of aliphatic hydroxyl groups is 5. The number of aliphatic hydroxyl groups excluding tert-OH is 5. The second-order valence-electron chi connectivity index (χ2n) is 7.35. The molecule has 3 aliphatic heterocycles. The second kappa shape index (κ2) is 7.57. The Morgan fingerprint density at radius 3 is 2.59 bits per heavy atom. The number of carbonyl (C=O) groups is 1. The van der Waals surface area contributed by atoms with E-state index in [-0.39, 0.29) is 18.3 Å². The zero-order valence-electron chi connectivity index (χ0n) is 15.2. The zero-order chi connectivity index (χ0) is 20.9. The monoisotopic (exact) mass is 409 g/mol. The number of fused-ring (bicyclic) bond motifs is 1. The number of hydrogen-bond donors (Lipinski definition) is 8. The second-order valence-corrected chi connectivity index (χ2v) is 7.35. The predicted molar refractivity (Wildman–Crippen MR) is 97.4 cm³/mol. The molecule has 0 radical (unpaired) electrons. The van der Waals surface area contributed by atoms with E-state index in [4.69, 9.17) is 10.1 Å². The molecule has 158 valence electrons. The lowest BCUT2D eigenvalue weighted by Gasteiger charge is -2.30. The molecule has 0 aromatic carbocycles. The molecular weight excluding hydrogens is 386 g/mol. The highest BCUT2D eigenvalue weighted by atomic mass is 16.6. The van der Waals surface area contributed by atoms with Gasteiger partial charge in [-0.1, -0.05) is 12.2 Å². The van der Waals surface area contributed by atoms with Crippen LogP contribution in [0.2, 0.25) is 0 Å². The minimum absolute atomic E-state index is 0.147. The first kappa shape index (κ1) is 20.1.